The number of esters is 1. The molecule has 1 amide bonds. The van der Waals surface area contributed by atoms with Crippen LogP contribution in [0, 0.1) is 0 Å². The maximum atomic E-state index is 12.9. The van der Waals surface area contributed by atoms with E-state index in [-0.39, 0.29) is 12.5 Å². The van der Waals surface area contributed by atoms with Crippen LogP contribution in [0.2, 0.25) is 5.02 Å². The molecule has 0 saturated carbocycles. The van der Waals surface area contributed by atoms with Crippen molar-refractivity contribution in [1.82, 2.24) is 4.90 Å². The number of amides is 1. The van der Waals surface area contributed by atoms with Gasteiger partial charge in [-0.1, -0.05) is 45.7 Å². The van der Waals surface area contributed by atoms with E-state index in [0.717, 1.165) is 15.6 Å². The summed E-state index contributed by atoms with van der Waals surface area (Å²) >= 11 is 11.1. The minimum Gasteiger partial charge on any atom is -0.493 e. The molecule has 1 aliphatic heterocycles. The summed E-state index contributed by atoms with van der Waals surface area (Å²) in [5.41, 5.74) is 2.64. The van der Waals surface area contributed by atoms with Crippen molar-refractivity contribution in [2.75, 3.05) is 21.3 Å². The second kappa shape index (κ2) is 11.9. The van der Waals surface area contributed by atoms with Gasteiger partial charge in [-0.2, -0.15) is 0 Å². The standard InChI is InChI=1S/C27H22BrClN2O5S/c1-31-25(32)24(37-27(31)30-19-10-8-16(9-11-19)26(33)35-3)13-18-12-22(34-2)23(14-20(18)28)36-15-17-6-4-5-7-21(17)29/h4-14H,15H2,1-3H3. The van der Waals surface area contributed by atoms with Crippen molar-refractivity contribution in [1.29, 1.82) is 0 Å². The summed E-state index contributed by atoms with van der Waals surface area (Å²) in [6, 6.07) is 17.7. The molecule has 0 radical (unpaired) electrons. The third-order valence-corrected chi connectivity index (χ3v) is 7.54. The number of methoxy groups -OCH3 is 2. The molecule has 0 bridgehead atoms. The third-order valence-electron chi connectivity index (χ3n) is 5.43. The molecule has 1 aliphatic rings. The molecule has 1 saturated heterocycles. The highest BCUT2D eigenvalue weighted by Crippen LogP contribution is 2.38. The van der Waals surface area contributed by atoms with E-state index in [1.165, 1.54) is 23.8 Å². The van der Waals surface area contributed by atoms with E-state index in [9.17, 15) is 9.59 Å². The number of hydrogen-bond acceptors (Lipinski definition) is 7. The number of ether oxygens (including phenoxy) is 3. The lowest BCUT2D eigenvalue weighted by molar-refractivity contribution is -0.121. The Kier molecular flexibility index (Phi) is 8.58. The van der Waals surface area contributed by atoms with Crippen LogP contribution in [0.25, 0.3) is 6.08 Å². The van der Waals surface area contributed by atoms with E-state index in [2.05, 4.69) is 20.9 Å². The summed E-state index contributed by atoms with van der Waals surface area (Å²) in [6.45, 7) is 0.280. The Labute approximate surface area is 232 Å². The maximum absolute atomic E-state index is 12.9. The van der Waals surface area contributed by atoms with Crippen molar-refractivity contribution >= 4 is 68.1 Å². The minimum atomic E-state index is -0.423. The van der Waals surface area contributed by atoms with Crippen LogP contribution in [0.5, 0.6) is 11.5 Å². The first kappa shape index (κ1) is 26.8. The predicted molar refractivity (Wildman–Crippen MR) is 150 cm³/mol. The van der Waals surface area contributed by atoms with Gasteiger partial charge in [0.2, 0.25) is 0 Å². The van der Waals surface area contributed by atoms with Gasteiger partial charge >= 0.3 is 5.97 Å². The van der Waals surface area contributed by atoms with Crippen LogP contribution in [0.4, 0.5) is 5.69 Å². The average molecular weight is 602 g/mol. The number of hydrogen-bond donors (Lipinski definition) is 0. The molecule has 190 valence electrons. The lowest BCUT2D eigenvalue weighted by Gasteiger charge is -2.13. The van der Waals surface area contributed by atoms with Gasteiger partial charge < -0.3 is 14.2 Å². The summed E-state index contributed by atoms with van der Waals surface area (Å²) in [6.07, 6.45) is 1.77. The summed E-state index contributed by atoms with van der Waals surface area (Å²) in [5.74, 6) is 0.454. The topological polar surface area (TPSA) is 77.4 Å². The SMILES string of the molecule is COC(=O)c1ccc(N=C2SC(=Cc3cc(OC)c(OCc4ccccc4Cl)cc3Br)C(=O)N2C)cc1. The first-order chi connectivity index (χ1) is 17.8. The highest BCUT2D eigenvalue weighted by molar-refractivity contribution is 9.10. The number of aliphatic imine (C=N–C) groups is 1. The van der Waals surface area contributed by atoms with Gasteiger partial charge in [-0.15, -0.1) is 0 Å². The number of carbonyl (C=O) groups is 2. The van der Waals surface area contributed by atoms with Gasteiger partial charge in [0.25, 0.3) is 5.91 Å². The van der Waals surface area contributed by atoms with Crippen LogP contribution in [0.1, 0.15) is 21.5 Å². The van der Waals surface area contributed by atoms with Crippen LogP contribution >= 0.6 is 39.3 Å². The summed E-state index contributed by atoms with van der Waals surface area (Å²) in [5, 5.41) is 1.14. The van der Waals surface area contributed by atoms with Gasteiger partial charge in [0.1, 0.15) is 6.61 Å². The summed E-state index contributed by atoms with van der Waals surface area (Å²) < 4.78 is 17.0. The highest BCUT2D eigenvalue weighted by Gasteiger charge is 2.30. The number of carbonyl (C=O) groups excluding carboxylic acids is 2. The molecule has 0 N–H and O–H groups in total. The van der Waals surface area contributed by atoms with Crippen LogP contribution in [0.3, 0.4) is 0 Å². The summed E-state index contributed by atoms with van der Waals surface area (Å²) in [7, 11) is 4.55. The number of rotatable bonds is 7. The molecule has 4 rings (SSSR count). The van der Waals surface area contributed by atoms with Crippen LogP contribution in [-0.4, -0.2) is 43.2 Å². The van der Waals surface area contributed by atoms with Crippen molar-refractivity contribution in [2.24, 2.45) is 4.99 Å². The predicted octanol–water partition coefficient (Wildman–Crippen LogP) is 6.71. The highest BCUT2D eigenvalue weighted by atomic mass is 79.9. The molecule has 1 heterocycles. The van der Waals surface area contributed by atoms with E-state index >= 15 is 0 Å². The Morgan fingerprint density at radius 1 is 1.11 bits per heavy atom. The van der Waals surface area contributed by atoms with Crippen LogP contribution in [0.15, 0.2) is 75.0 Å². The lowest BCUT2D eigenvalue weighted by atomic mass is 10.1. The quantitative estimate of drug-likeness (QED) is 0.221. The molecule has 10 heteroatoms. The molecule has 0 atom stereocenters. The van der Waals surface area contributed by atoms with E-state index in [4.69, 9.17) is 25.8 Å². The Hall–Kier alpha value is -3.27. The van der Waals surface area contributed by atoms with Gasteiger partial charge in [-0.05, 0) is 65.9 Å². The molecular formula is C27H22BrClN2O5S. The van der Waals surface area contributed by atoms with Crippen LogP contribution in [-0.2, 0) is 16.1 Å². The van der Waals surface area contributed by atoms with Crippen molar-refractivity contribution in [2.45, 2.75) is 6.61 Å². The van der Waals surface area contributed by atoms with E-state index < -0.39 is 5.97 Å². The fourth-order valence-electron chi connectivity index (χ4n) is 3.40. The molecule has 3 aromatic rings. The van der Waals surface area contributed by atoms with Gasteiger partial charge in [0, 0.05) is 22.1 Å². The Morgan fingerprint density at radius 3 is 2.51 bits per heavy atom. The Balaban J connectivity index is 1.55. The monoisotopic (exact) mass is 600 g/mol. The second-order valence-corrected chi connectivity index (χ2v) is 10.1. The van der Waals surface area contributed by atoms with E-state index in [0.29, 0.717) is 37.8 Å². The zero-order valence-electron chi connectivity index (χ0n) is 20.2. The van der Waals surface area contributed by atoms with Crippen molar-refractivity contribution in [3.63, 3.8) is 0 Å². The fourth-order valence-corrected chi connectivity index (χ4v) is 5.00. The number of benzene rings is 3. The normalized spacial score (nSPS) is 15.4. The number of nitrogens with zero attached hydrogens (tertiary/aromatic N) is 2. The molecule has 0 spiro atoms. The zero-order valence-corrected chi connectivity index (χ0v) is 23.3. The van der Waals surface area contributed by atoms with E-state index in [1.54, 1.807) is 56.6 Å². The zero-order chi connectivity index (χ0) is 26.5. The maximum Gasteiger partial charge on any atom is 0.337 e. The van der Waals surface area contributed by atoms with E-state index in [1.807, 2.05) is 24.3 Å². The summed E-state index contributed by atoms with van der Waals surface area (Å²) in [4.78, 5) is 31.1. The number of thioether (sulfide) groups is 1. The Morgan fingerprint density at radius 2 is 1.84 bits per heavy atom. The van der Waals surface area contributed by atoms with Gasteiger partial charge in [0.05, 0.1) is 30.4 Å². The molecule has 1 fully saturated rings. The van der Waals surface area contributed by atoms with Crippen molar-refractivity contribution in [3.05, 3.63) is 91.8 Å². The number of likely N-dealkylation sites (N-methyl/N-ethyl adjacent to an activating group) is 1. The van der Waals surface area contributed by atoms with Crippen molar-refractivity contribution in [3.8, 4) is 11.5 Å². The smallest absolute Gasteiger partial charge is 0.337 e. The molecule has 3 aromatic carbocycles. The molecule has 37 heavy (non-hydrogen) atoms. The first-order valence-corrected chi connectivity index (χ1v) is 13.0. The van der Waals surface area contributed by atoms with Gasteiger partial charge in [-0.25, -0.2) is 9.79 Å². The first-order valence-electron chi connectivity index (χ1n) is 11.0. The van der Waals surface area contributed by atoms with Gasteiger partial charge in [0.15, 0.2) is 16.7 Å². The average Bonchev–Trinajstić information content (AvgIpc) is 3.16. The fraction of sp³-hybridized carbons (Fsp3) is 0.148. The lowest BCUT2D eigenvalue weighted by Crippen LogP contribution is -2.23. The second-order valence-electron chi connectivity index (χ2n) is 7.81. The Bertz CT molecular complexity index is 1410. The molecule has 0 aliphatic carbocycles. The molecule has 0 aromatic heterocycles. The molecular weight excluding hydrogens is 580 g/mol. The third kappa shape index (κ3) is 6.18. The minimum absolute atomic E-state index is 0.181. The van der Waals surface area contributed by atoms with Crippen molar-refractivity contribution < 1.29 is 23.8 Å². The molecule has 0 unspecified atom stereocenters. The van der Waals surface area contributed by atoms with Crippen LogP contribution < -0.4 is 9.47 Å². The number of halogens is 2. The molecule has 7 nitrogen and oxygen atoms in total. The number of amidine groups is 1. The largest absolute Gasteiger partial charge is 0.493 e. The van der Waals surface area contributed by atoms with Gasteiger partial charge in [-0.3, -0.25) is 9.69 Å².